The summed E-state index contributed by atoms with van der Waals surface area (Å²) < 4.78 is 5.28. The van der Waals surface area contributed by atoms with Gasteiger partial charge in [-0.1, -0.05) is 23.2 Å². The number of ketones is 2. The number of aromatic hydroxyl groups is 1. The molecule has 1 N–H and O–H groups in total. The smallest absolute Gasteiger partial charge is 0.185 e. The topological polar surface area (TPSA) is 63.6 Å². The first-order chi connectivity index (χ1) is 14.9. The molecule has 0 aliphatic rings. The van der Waals surface area contributed by atoms with Crippen LogP contribution in [0, 0.1) is 0 Å². The van der Waals surface area contributed by atoms with Gasteiger partial charge >= 0.3 is 0 Å². The lowest BCUT2D eigenvalue weighted by Crippen LogP contribution is -1.94. The van der Waals surface area contributed by atoms with Crippen molar-refractivity contribution in [2.45, 2.75) is 0 Å². The highest BCUT2D eigenvalue weighted by molar-refractivity contribution is 6.31. The molecule has 0 heterocycles. The van der Waals surface area contributed by atoms with Gasteiger partial charge in [-0.15, -0.1) is 0 Å². The molecule has 0 saturated carbocycles. The van der Waals surface area contributed by atoms with Crippen LogP contribution in [0.3, 0.4) is 0 Å². The fraction of sp³-hybridized carbons (Fsp3) is 0.0400. The summed E-state index contributed by atoms with van der Waals surface area (Å²) in [7, 11) is 1.49. The fourth-order valence-corrected chi connectivity index (χ4v) is 3.03. The molecule has 0 saturated heterocycles. The molecular weight excluding hydrogens is 435 g/mol. The van der Waals surface area contributed by atoms with Gasteiger partial charge in [0, 0.05) is 32.3 Å². The van der Waals surface area contributed by atoms with Crippen LogP contribution in [0.25, 0.3) is 12.2 Å². The molecule has 0 aliphatic heterocycles. The maximum atomic E-state index is 12.4. The number of phenols is 1. The van der Waals surface area contributed by atoms with E-state index in [4.69, 9.17) is 27.9 Å². The molecule has 6 heteroatoms. The quantitative estimate of drug-likeness (QED) is 0.328. The Morgan fingerprint density at radius 2 is 1.16 bits per heavy atom. The van der Waals surface area contributed by atoms with E-state index in [0.717, 1.165) is 0 Å². The third-order valence-electron chi connectivity index (χ3n) is 4.46. The number of ether oxygens (including phenoxy) is 1. The van der Waals surface area contributed by atoms with Crippen LogP contribution < -0.4 is 4.74 Å². The molecule has 0 spiro atoms. The van der Waals surface area contributed by atoms with E-state index >= 15 is 0 Å². The predicted molar refractivity (Wildman–Crippen MR) is 124 cm³/mol. The highest BCUT2D eigenvalue weighted by Crippen LogP contribution is 2.31. The van der Waals surface area contributed by atoms with Gasteiger partial charge in [0.1, 0.15) is 11.5 Å². The average molecular weight is 453 g/mol. The Morgan fingerprint density at radius 3 is 1.52 bits per heavy atom. The lowest BCUT2D eigenvalue weighted by Gasteiger charge is -2.08. The summed E-state index contributed by atoms with van der Waals surface area (Å²) in [6, 6.07) is 16.2. The number of halogens is 2. The number of phenolic OH excluding ortho intramolecular Hbond substituents is 1. The van der Waals surface area contributed by atoms with E-state index in [2.05, 4.69) is 0 Å². The molecule has 0 amide bonds. The fourth-order valence-electron chi connectivity index (χ4n) is 2.78. The van der Waals surface area contributed by atoms with E-state index < -0.39 is 0 Å². The van der Waals surface area contributed by atoms with Gasteiger partial charge in [-0.05, 0) is 85.0 Å². The van der Waals surface area contributed by atoms with Crippen LogP contribution in [0.4, 0.5) is 0 Å². The molecule has 3 aromatic carbocycles. The number of hydrogen-bond acceptors (Lipinski definition) is 4. The molecule has 0 atom stereocenters. The molecule has 156 valence electrons. The molecule has 3 aromatic rings. The summed E-state index contributed by atoms with van der Waals surface area (Å²) in [6.07, 6.45) is 5.69. The maximum absolute atomic E-state index is 12.4. The van der Waals surface area contributed by atoms with Crippen molar-refractivity contribution in [2.75, 3.05) is 7.11 Å². The van der Waals surface area contributed by atoms with Crippen LogP contribution >= 0.6 is 23.2 Å². The molecule has 0 radical (unpaired) electrons. The van der Waals surface area contributed by atoms with Crippen molar-refractivity contribution in [2.24, 2.45) is 0 Å². The van der Waals surface area contributed by atoms with Gasteiger partial charge in [0.15, 0.2) is 11.6 Å². The standard InChI is InChI=1S/C25H18Cl2O4/c1-31-22-14-18(6-12-23(28)16-2-8-20(26)9-3-16)25(30)19(15-22)7-13-24(29)17-4-10-21(27)11-5-17/h2-15,30H,1H3. The van der Waals surface area contributed by atoms with Gasteiger partial charge in [0.2, 0.25) is 0 Å². The van der Waals surface area contributed by atoms with Crippen molar-refractivity contribution < 1.29 is 19.4 Å². The van der Waals surface area contributed by atoms with Crippen molar-refractivity contribution in [1.82, 2.24) is 0 Å². The molecular formula is C25H18Cl2O4. The highest BCUT2D eigenvalue weighted by Gasteiger charge is 2.09. The average Bonchev–Trinajstić information content (AvgIpc) is 2.78. The van der Waals surface area contributed by atoms with Gasteiger partial charge in [-0.3, -0.25) is 9.59 Å². The van der Waals surface area contributed by atoms with Gasteiger partial charge in [-0.25, -0.2) is 0 Å². The Labute approximate surface area is 190 Å². The lowest BCUT2D eigenvalue weighted by molar-refractivity contribution is 0.103. The summed E-state index contributed by atoms with van der Waals surface area (Å²) in [4.78, 5) is 24.7. The Morgan fingerprint density at radius 1 is 0.774 bits per heavy atom. The van der Waals surface area contributed by atoms with Crippen molar-refractivity contribution in [3.05, 3.63) is 105 Å². The largest absolute Gasteiger partial charge is 0.507 e. The summed E-state index contributed by atoms with van der Waals surface area (Å²) >= 11 is 11.7. The van der Waals surface area contributed by atoms with Crippen LogP contribution in [-0.2, 0) is 0 Å². The number of carbonyl (C=O) groups excluding carboxylic acids is 2. The molecule has 0 bridgehead atoms. The zero-order chi connectivity index (χ0) is 22.4. The van der Waals surface area contributed by atoms with E-state index in [-0.39, 0.29) is 17.3 Å². The SMILES string of the molecule is COc1cc(C=CC(=O)c2ccc(Cl)cc2)c(O)c(C=CC(=O)c2ccc(Cl)cc2)c1. The molecule has 0 aromatic heterocycles. The van der Waals surface area contributed by atoms with E-state index in [0.29, 0.717) is 38.0 Å². The monoisotopic (exact) mass is 452 g/mol. The van der Waals surface area contributed by atoms with Crippen LogP contribution in [-0.4, -0.2) is 23.8 Å². The number of allylic oxidation sites excluding steroid dienone is 2. The summed E-state index contributed by atoms with van der Waals surface area (Å²) in [5, 5.41) is 11.7. The Balaban J connectivity index is 1.86. The van der Waals surface area contributed by atoms with E-state index in [1.807, 2.05) is 0 Å². The molecule has 0 aliphatic carbocycles. The number of methoxy groups -OCH3 is 1. The van der Waals surface area contributed by atoms with Crippen LogP contribution in [0.5, 0.6) is 11.5 Å². The third-order valence-corrected chi connectivity index (χ3v) is 4.97. The normalized spacial score (nSPS) is 11.2. The molecule has 0 unspecified atom stereocenters. The zero-order valence-electron chi connectivity index (χ0n) is 16.5. The van der Waals surface area contributed by atoms with E-state index in [9.17, 15) is 14.7 Å². The van der Waals surface area contributed by atoms with Crippen LogP contribution in [0.2, 0.25) is 10.0 Å². The first-order valence-electron chi connectivity index (χ1n) is 9.24. The highest BCUT2D eigenvalue weighted by atomic mass is 35.5. The third kappa shape index (κ3) is 5.85. The van der Waals surface area contributed by atoms with Gasteiger partial charge < -0.3 is 9.84 Å². The zero-order valence-corrected chi connectivity index (χ0v) is 18.0. The van der Waals surface area contributed by atoms with Crippen molar-refractivity contribution in [3.63, 3.8) is 0 Å². The molecule has 4 nitrogen and oxygen atoms in total. The Hall–Kier alpha value is -3.34. The number of hydrogen-bond donors (Lipinski definition) is 1. The van der Waals surface area contributed by atoms with Gasteiger partial charge in [0.25, 0.3) is 0 Å². The first-order valence-corrected chi connectivity index (χ1v) is 10.00. The Kier molecular flexibility index (Phi) is 7.29. The first kappa shape index (κ1) is 22.3. The summed E-state index contributed by atoms with van der Waals surface area (Å²) in [5.41, 5.74) is 1.69. The van der Waals surface area contributed by atoms with Crippen molar-refractivity contribution in [3.8, 4) is 11.5 Å². The molecule has 0 fully saturated rings. The number of rotatable bonds is 7. The second-order valence-corrected chi connectivity index (χ2v) is 7.44. The minimum absolute atomic E-state index is 0.0823. The van der Waals surface area contributed by atoms with Crippen LogP contribution in [0.15, 0.2) is 72.8 Å². The van der Waals surface area contributed by atoms with E-state index in [1.165, 1.54) is 31.4 Å². The van der Waals surface area contributed by atoms with Gasteiger partial charge in [-0.2, -0.15) is 0 Å². The summed E-state index contributed by atoms with van der Waals surface area (Å²) in [6.45, 7) is 0. The minimum Gasteiger partial charge on any atom is -0.507 e. The van der Waals surface area contributed by atoms with Crippen LogP contribution in [0.1, 0.15) is 31.8 Å². The van der Waals surface area contributed by atoms with E-state index in [1.54, 1.807) is 60.7 Å². The lowest BCUT2D eigenvalue weighted by atomic mass is 10.0. The second-order valence-electron chi connectivity index (χ2n) is 6.56. The van der Waals surface area contributed by atoms with Gasteiger partial charge in [0.05, 0.1) is 7.11 Å². The molecule has 31 heavy (non-hydrogen) atoms. The maximum Gasteiger partial charge on any atom is 0.185 e. The van der Waals surface area contributed by atoms with Crippen molar-refractivity contribution >= 4 is 46.9 Å². The Bertz CT molecular complexity index is 1070. The summed E-state index contributed by atoms with van der Waals surface area (Å²) in [5.74, 6) is -0.0983. The number of benzene rings is 3. The van der Waals surface area contributed by atoms with Crippen molar-refractivity contribution in [1.29, 1.82) is 0 Å². The second kappa shape index (κ2) is 10.1. The predicted octanol–water partition coefficient (Wildman–Crippen LogP) is 6.50. The molecule has 3 rings (SSSR count). The minimum atomic E-state index is -0.242. The number of carbonyl (C=O) groups is 2.